The number of nitriles is 1. The Morgan fingerprint density at radius 2 is 1.70 bits per heavy atom. The third-order valence-corrected chi connectivity index (χ3v) is 7.61. The molecule has 4 nitrogen and oxygen atoms in total. The van der Waals surface area contributed by atoms with E-state index >= 15 is 0 Å². The Kier molecular flexibility index (Phi) is 3.96. The number of rotatable bonds is 2. The van der Waals surface area contributed by atoms with Crippen molar-refractivity contribution in [2.24, 2.45) is 5.92 Å². The molecule has 2 saturated heterocycles. The summed E-state index contributed by atoms with van der Waals surface area (Å²) in [5, 5.41) is 7.95. The van der Waals surface area contributed by atoms with E-state index in [4.69, 9.17) is 5.26 Å². The lowest BCUT2D eigenvalue weighted by Crippen LogP contribution is -2.45. The number of nitrogens with zero attached hydrogens (tertiary/aromatic N) is 1. The van der Waals surface area contributed by atoms with Crippen molar-refractivity contribution >= 4 is 15.6 Å². The maximum absolute atomic E-state index is 13.4. The fourth-order valence-electron chi connectivity index (χ4n) is 3.69. The summed E-state index contributed by atoms with van der Waals surface area (Å²) in [6, 6.07) is 3.16. The SMILES string of the molecule is N#Cc1cc(F)c(F)cc1C(=O)C1CC2CCCC(C1)S2(=O)=O. The number of halogens is 2. The predicted octanol–water partition coefficient (Wildman–Crippen LogP) is 2.77. The van der Waals surface area contributed by atoms with Crippen LogP contribution in [0.3, 0.4) is 0 Å². The van der Waals surface area contributed by atoms with Crippen molar-refractivity contribution in [3.63, 3.8) is 0 Å². The Bertz CT molecular complexity index is 793. The van der Waals surface area contributed by atoms with Crippen molar-refractivity contribution in [2.45, 2.75) is 42.6 Å². The lowest BCUT2D eigenvalue weighted by atomic mass is 9.83. The number of sulfone groups is 1. The highest BCUT2D eigenvalue weighted by Gasteiger charge is 2.46. The highest BCUT2D eigenvalue weighted by atomic mass is 32.2. The molecule has 3 rings (SSSR count). The molecule has 0 aromatic heterocycles. The molecule has 1 aromatic rings. The molecule has 122 valence electrons. The molecule has 0 spiro atoms. The molecule has 0 amide bonds. The van der Waals surface area contributed by atoms with Crippen LogP contribution in [-0.2, 0) is 9.84 Å². The smallest absolute Gasteiger partial charge is 0.167 e. The molecular formula is C16H15F2NO3S. The van der Waals surface area contributed by atoms with Crippen LogP contribution in [0.4, 0.5) is 8.78 Å². The average molecular weight is 339 g/mol. The zero-order chi connectivity index (χ0) is 16.8. The second kappa shape index (κ2) is 5.68. The van der Waals surface area contributed by atoms with E-state index in [1.807, 2.05) is 0 Å². The minimum Gasteiger partial charge on any atom is -0.294 e. The second-order valence-corrected chi connectivity index (χ2v) is 8.73. The van der Waals surface area contributed by atoms with Gasteiger partial charge in [0.05, 0.1) is 22.1 Å². The Balaban J connectivity index is 1.94. The quantitative estimate of drug-likeness (QED) is 0.777. The van der Waals surface area contributed by atoms with Crippen molar-refractivity contribution in [3.05, 3.63) is 34.9 Å². The molecule has 7 heteroatoms. The van der Waals surface area contributed by atoms with E-state index in [1.54, 1.807) is 6.07 Å². The predicted molar refractivity (Wildman–Crippen MR) is 78.5 cm³/mol. The average Bonchev–Trinajstić information content (AvgIpc) is 2.47. The van der Waals surface area contributed by atoms with Gasteiger partial charge in [-0.2, -0.15) is 5.26 Å². The molecule has 0 radical (unpaired) electrons. The van der Waals surface area contributed by atoms with Crippen molar-refractivity contribution in [1.29, 1.82) is 5.26 Å². The summed E-state index contributed by atoms with van der Waals surface area (Å²) in [6.07, 6.45) is 2.28. The van der Waals surface area contributed by atoms with Crippen LogP contribution in [0.5, 0.6) is 0 Å². The van der Waals surface area contributed by atoms with Gasteiger partial charge in [-0.05, 0) is 37.8 Å². The molecule has 2 aliphatic heterocycles. The first-order valence-corrected chi connectivity index (χ1v) is 9.11. The van der Waals surface area contributed by atoms with E-state index in [0.29, 0.717) is 18.9 Å². The number of benzene rings is 1. The number of hydrogen-bond donors (Lipinski definition) is 0. The standard InChI is InChI=1S/C16H15F2NO3S/c17-14-6-10(8-19)13(7-15(14)18)16(20)9-4-11-2-1-3-12(5-9)23(11,21)22/h6-7,9,11-12H,1-5H2. The lowest BCUT2D eigenvalue weighted by molar-refractivity contribution is 0.0893. The zero-order valence-corrected chi connectivity index (χ0v) is 13.1. The van der Waals surface area contributed by atoms with Gasteiger partial charge in [0.15, 0.2) is 27.3 Å². The van der Waals surface area contributed by atoms with Crippen molar-refractivity contribution in [3.8, 4) is 6.07 Å². The van der Waals surface area contributed by atoms with Gasteiger partial charge in [0.25, 0.3) is 0 Å². The van der Waals surface area contributed by atoms with E-state index in [9.17, 15) is 22.0 Å². The Morgan fingerprint density at radius 3 is 2.26 bits per heavy atom. The molecule has 1 aromatic carbocycles. The highest BCUT2D eigenvalue weighted by Crippen LogP contribution is 2.40. The van der Waals surface area contributed by atoms with Gasteiger partial charge in [-0.15, -0.1) is 0 Å². The van der Waals surface area contributed by atoms with E-state index in [1.165, 1.54) is 0 Å². The fraction of sp³-hybridized carbons (Fsp3) is 0.500. The van der Waals surface area contributed by atoms with Gasteiger partial charge < -0.3 is 0 Å². The number of carbonyl (C=O) groups is 1. The fourth-order valence-corrected chi connectivity index (χ4v) is 6.22. The lowest BCUT2D eigenvalue weighted by Gasteiger charge is -2.38. The largest absolute Gasteiger partial charge is 0.294 e. The van der Waals surface area contributed by atoms with Crippen molar-refractivity contribution in [1.82, 2.24) is 0 Å². The molecular weight excluding hydrogens is 324 g/mol. The summed E-state index contributed by atoms with van der Waals surface area (Å²) in [6.45, 7) is 0. The minimum absolute atomic E-state index is 0.159. The Hall–Kier alpha value is -1.81. The number of hydrogen-bond acceptors (Lipinski definition) is 4. The summed E-state index contributed by atoms with van der Waals surface area (Å²) >= 11 is 0. The number of carbonyl (C=O) groups excluding carboxylic acids is 1. The van der Waals surface area contributed by atoms with Crippen LogP contribution < -0.4 is 0 Å². The zero-order valence-electron chi connectivity index (χ0n) is 12.3. The highest BCUT2D eigenvalue weighted by molar-refractivity contribution is 7.92. The summed E-state index contributed by atoms with van der Waals surface area (Å²) in [4.78, 5) is 12.7. The van der Waals surface area contributed by atoms with Gasteiger partial charge in [0.1, 0.15) is 0 Å². The van der Waals surface area contributed by atoms with Crippen LogP contribution in [0.1, 0.15) is 48.0 Å². The van der Waals surface area contributed by atoms with Gasteiger partial charge in [-0.1, -0.05) is 6.42 Å². The van der Waals surface area contributed by atoms with Crippen LogP contribution in [0.15, 0.2) is 12.1 Å². The first-order valence-electron chi connectivity index (χ1n) is 7.50. The second-order valence-electron chi connectivity index (χ2n) is 6.22. The first-order chi connectivity index (χ1) is 10.8. The van der Waals surface area contributed by atoms with Gasteiger partial charge in [0.2, 0.25) is 0 Å². The summed E-state index contributed by atoms with van der Waals surface area (Å²) in [7, 11) is -3.20. The van der Waals surface area contributed by atoms with Crippen LogP contribution in [0, 0.1) is 28.9 Å². The molecule has 2 unspecified atom stereocenters. The van der Waals surface area contributed by atoms with Crippen LogP contribution in [0.25, 0.3) is 0 Å². The van der Waals surface area contributed by atoms with Gasteiger partial charge in [-0.3, -0.25) is 4.79 Å². The monoisotopic (exact) mass is 339 g/mol. The molecule has 2 aliphatic rings. The first kappa shape index (κ1) is 16.1. The molecule has 0 aliphatic carbocycles. The number of Topliss-reactive ketones (excluding diaryl/α,β-unsaturated/α-hetero) is 1. The van der Waals surface area contributed by atoms with E-state index < -0.39 is 43.7 Å². The number of fused-ring (bicyclic) bond motifs is 2. The summed E-state index contributed by atoms with van der Waals surface area (Å²) in [5.41, 5.74) is -0.374. The topological polar surface area (TPSA) is 75.0 Å². The maximum atomic E-state index is 13.4. The maximum Gasteiger partial charge on any atom is 0.167 e. The van der Waals surface area contributed by atoms with E-state index in [0.717, 1.165) is 12.5 Å². The van der Waals surface area contributed by atoms with Crippen molar-refractivity contribution in [2.75, 3.05) is 0 Å². The normalized spacial score (nSPS) is 28.8. The molecule has 0 saturated carbocycles. The van der Waals surface area contributed by atoms with Crippen LogP contribution >= 0.6 is 0 Å². The molecule has 23 heavy (non-hydrogen) atoms. The molecule has 2 heterocycles. The molecule has 0 N–H and O–H groups in total. The van der Waals surface area contributed by atoms with Crippen LogP contribution in [0.2, 0.25) is 0 Å². The van der Waals surface area contributed by atoms with Gasteiger partial charge >= 0.3 is 0 Å². The third kappa shape index (κ3) is 2.65. The molecule has 2 fully saturated rings. The molecule has 2 atom stereocenters. The third-order valence-electron chi connectivity index (χ3n) is 4.89. The summed E-state index contributed by atoms with van der Waals surface area (Å²) < 4.78 is 51.2. The Morgan fingerprint density at radius 1 is 1.13 bits per heavy atom. The minimum atomic E-state index is -3.20. The van der Waals surface area contributed by atoms with Crippen molar-refractivity contribution < 1.29 is 22.0 Å². The van der Waals surface area contributed by atoms with Crippen LogP contribution in [-0.4, -0.2) is 24.7 Å². The number of ketones is 1. The van der Waals surface area contributed by atoms with Gasteiger partial charge in [0, 0.05) is 11.5 Å². The van der Waals surface area contributed by atoms with E-state index in [2.05, 4.69) is 0 Å². The molecule has 2 bridgehead atoms. The summed E-state index contributed by atoms with van der Waals surface area (Å²) in [5.74, 6) is -3.39. The van der Waals surface area contributed by atoms with Gasteiger partial charge in [-0.25, -0.2) is 17.2 Å². The Labute approximate surface area is 133 Å². The van der Waals surface area contributed by atoms with E-state index in [-0.39, 0.29) is 24.0 Å².